The van der Waals surface area contributed by atoms with Gasteiger partial charge in [0.15, 0.2) is 5.16 Å². The first-order valence-corrected chi connectivity index (χ1v) is 10.3. The largest absolute Gasteiger partial charge is 0.272 e. The average Bonchev–Trinajstić information content (AvgIpc) is 3.11. The lowest BCUT2D eigenvalue weighted by Crippen LogP contribution is -2.23. The maximum atomic E-state index is 13.3. The highest BCUT2D eigenvalue weighted by atomic mass is 32.2. The molecule has 0 unspecified atom stereocenters. The predicted molar refractivity (Wildman–Crippen MR) is 105 cm³/mol. The summed E-state index contributed by atoms with van der Waals surface area (Å²) in [5, 5.41) is 0.656. The molecule has 26 heavy (non-hydrogen) atoms. The van der Waals surface area contributed by atoms with E-state index in [0.717, 1.165) is 23.6 Å². The van der Waals surface area contributed by atoms with Crippen LogP contribution in [0.2, 0.25) is 0 Å². The lowest BCUT2D eigenvalue weighted by Gasteiger charge is -2.14. The van der Waals surface area contributed by atoms with Crippen molar-refractivity contribution in [2.24, 2.45) is 0 Å². The molecule has 3 nitrogen and oxygen atoms in total. The van der Waals surface area contributed by atoms with E-state index in [2.05, 4.69) is 31.2 Å². The summed E-state index contributed by atoms with van der Waals surface area (Å²) in [5.41, 5.74) is 3.86. The minimum Gasteiger partial charge on any atom is -0.268 e. The van der Waals surface area contributed by atoms with Crippen LogP contribution in [0.4, 0.5) is 4.39 Å². The Labute approximate surface area is 159 Å². The van der Waals surface area contributed by atoms with Crippen molar-refractivity contribution in [2.75, 3.05) is 5.75 Å². The standard InChI is InChI=1S/C20H17FN2OS2/c1-13-2-4-14(5-3-13)12-26-20-22-17-10-11-25-18(17)19(24)23(20)16-8-6-15(21)7-9-16/h2-9H,10-12H2,1H3. The van der Waals surface area contributed by atoms with Crippen molar-refractivity contribution < 1.29 is 4.39 Å². The molecule has 0 radical (unpaired) electrons. The molecule has 0 saturated carbocycles. The first kappa shape index (κ1) is 17.4. The van der Waals surface area contributed by atoms with Crippen molar-refractivity contribution in [1.29, 1.82) is 0 Å². The molecule has 0 atom stereocenters. The Morgan fingerprint density at radius 2 is 1.88 bits per heavy atom. The van der Waals surface area contributed by atoms with E-state index in [0.29, 0.717) is 15.7 Å². The summed E-state index contributed by atoms with van der Waals surface area (Å²) < 4.78 is 14.9. The summed E-state index contributed by atoms with van der Waals surface area (Å²) in [4.78, 5) is 18.5. The number of aryl methyl sites for hydroxylation is 2. The lowest BCUT2D eigenvalue weighted by molar-refractivity contribution is 0.626. The van der Waals surface area contributed by atoms with E-state index in [-0.39, 0.29) is 11.4 Å². The summed E-state index contributed by atoms with van der Waals surface area (Å²) in [6, 6.07) is 14.3. The molecular weight excluding hydrogens is 367 g/mol. The summed E-state index contributed by atoms with van der Waals surface area (Å²) in [5.74, 6) is 1.28. The lowest BCUT2D eigenvalue weighted by atomic mass is 10.2. The van der Waals surface area contributed by atoms with Crippen molar-refractivity contribution in [2.45, 2.75) is 29.1 Å². The Morgan fingerprint density at radius 3 is 2.62 bits per heavy atom. The highest BCUT2D eigenvalue weighted by Gasteiger charge is 2.22. The number of thioether (sulfide) groups is 2. The molecular formula is C20H17FN2OS2. The summed E-state index contributed by atoms with van der Waals surface area (Å²) in [6.45, 7) is 2.06. The van der Waals surface area contributed by atoms with Crippen molar-refractivity contribution in [3.63, 3.8) is 0 Å². The van der Waals surface area contributed by atoms with Gasteiger partial charge < -0.3 is 0 Å². The minimum absolute atomic E-state index is 0.0597. The highest BCUT2D eigenvalue weighted by Crippen LogP contribution is 2.31. The zero-order valence-electron chi connectivity index (χ0n) is 14.2. The van der Waals surface area contributed by atoms with Gasteiger partial charge in [-0.2, -0.15) is 0 Å². The van der Waals surface area contributed by atoms with Crippen LogP contribution < -0.4 is 5.56 Å². The Balaban J connectivity index is 1.75. The number of rotatable bonds is 4. The zero-order chi connectivity index (χ0) is 18.1. The van der Waals surface area contributed by atoms with E-state index in [1.54, 1.807) is 28.5 Å². The van der Waals surface area contributed by atoms with E-state index in [4.69, 9.17) is 4.98 Å². The maximum absolute atomic E-state index is 13.3. The van der Waals surface area contributed by atoms with E-state index in [1.807, 2.05) is 0 Å². The molecule has 0 amide bonds. The number of nitrogens with zero attached hydrogens (tertiary/aromatic N) is 2. The SMILES string of the molecule is Cc1ccc(CSc2nc3c(c(=O)n2-c2ccc(F)cc2)SCC3)cc1. The van der Waals surface area contributed by atoms with Crippen LogP contribution in [0, 0.1) is 12.7 Å². The summed E-state index contributed by atoms with van der Waals surface area (Å²) in [7, 11) is 0. The van der Waals surface area contributed by atoms with Crippen LogP contribution in [0.1, 0.15) is 16.8 Å². The third kappa shape index (κ3) is 3.44. The molecule has 1 aromatic heterocycles. The molecule has 4 rings (SSSR count). The van der Waals surface area contributed by atoms with Gasteiger partial charge in [0.25, 0.3) is 5.56 Å². The molecule has 0 bridgehead atoms. The van der Waals surface area contributed by atoms with Crippen LogP contribution in [0.3, 0.4) is 0 Å². The highest BCUT2D eigenvalue weighted by molar-refractivity contribution is 7.99. The van der Waals surface area contributed by atoms with Gasteiger partial charge in [0.2, 0.25) is 0 Å². The van der Waals surface area contributed by atoms with Gasteiger partial charge in [0.05, 0.1) is 16.3 Å². The first-order chi connectivity index (χ1) is 12.6. The van der Waals surface area contributed by atoms with E-state index in [1.165, 1.54) is 35.0 Å². The number of hydrogen-bond donors (Lipinski definition) is 0. The molecule has 2 aromatic carbocycles. The van der Waals surface area contributed by atoms with Crippen LogP contribution >= 0.6 is 23.5 Å². The number of hydrogen-bond acceptors (Lipinski definition) is 4. The smallest absolute Gasteiger partial charge is 0.268 e. The molecule has 0 saturated heterocycles. The molecule has 6 heteroatoms. The van der Waals surface area contributed by atoms with Gasteiger partial charge in [-0.3, -0.25) is 9.36 Å². The molecule has 2 heterocycles. The van der Waals surface area contributed by atoms with Gasteiger partial charge in [0.1, 0.15) is 5.82 Å². The predicted octanol–water partition coefficient (Wildman–Crippen LogP) is 4.62. The summed E-state index contributed by atoms with van der Waals surface area (Å²) >= 11 is 3.09. The molecule has 0 aliphatic carbocycles. The number of aromatic nitrogens is 2. The van der Waals surface area contributed by atoms with E-state index < -0.39 is 0 Å². The average molecular weight is 385 g/mol. The Bertz CT molecular complexity index is 998. The molecule has 0 spiro atoms. The number of fused-ring (bicyclic) bond motifs is 1. The first-order valence-electron chi connectivity index (χ1n) is 8.35. The second-order valence-corrected chi connectivity index (χ2v) is 8.21. The minimum atomic E-state index is -0.320. The normalized spacial score (nSPS) is 13.0. The molecule has 0 N–H and O–H groups in total. The van der Waals surface area contributed by atoms with E-state index >= 15 is 0 Å². The van der Waals surface area contributed by atoms with Crippen molar-refractivity contribution >= 4 is 23.5 Å². The molecule has 1 aliphatic rings. The molecule has 0 fully saturated rings. The van der Waals surface area contributed by atoms with Gasteiger partial charge in [-0.05, 0) is 36.8 Å². The Kier molecular flexibility index (Phi) is 4.87. The maximum Gasteiger partial charge on any atom is 0.272 e. The zero-order valence-corrected chi connectivity index (χ0v) is 15.9. The van der Waals surface area contributed by atoms with Crippen molar-refractivity contribution in [3.05, 3.63) is 81.5 Å². The van der Waals surface area contributed by atoms with Gasteiger partial charge in [-0.25, -0.2) is 9.37 Å². The molecule has 3 aromatic rings. The second-order valence-electron chi connectivity index (χ2n) is 6.16. The fourth-order valence-corrected chi connectivity index (χ4v) is 4.85. The fraction of sp³-hybridized carbons (Fsp3) is 0.200. The monoisotopic (exact) mass is 384 g/mol. The number of halogens is 1. The molecule has 1 aliphatic heterocycles. The third-order valence-corrected chi connectivity index (χ3v) is 6.36. The fourth-order valence-electron chi connectivity index (χ4n) is 2.84. The van der Waals surface area contributed by atoms with Crippen LogP contribution in [-0.2, 0) is 12.2 Å². The Morgan fingerprint density at radius 1 is 1.15 bits per heavy atom. The third-order valence-electron chi connectivity index (χ3n) is 4.24. The van der Waals surface area contributed by atoms with E-state index in [9.17, 15) is 9.18 Å². The van der Waals surface area contributed by atoms with Gasteiger partial charge in [-0.15, -0.1) is 11.8 Å². The van der Waals surface area contributed by atoms with Crippen LogP contribution in [0.5, 0.6) is 0 Å². The van der Waals surface area contributed by atoms with Crippen LogP contribution in [0.15, 0.2) is 63.4 Å². The van der Waals surface area contributed by atoms with Crippen molar-refractivity contribution in [3.8, 4) is 5.69 Å². The van der Waals surface area contributed by atoms with Crippen LogP contribution in [-0.4, -0.2) is 15.3 Å². The topological polar surface area (TPSA) is 34.9 Å². The van der Waals surface area contributed by atoms with Crippen molar-refractivity contribution in [1.82, 2.24) is 9.55 Å². The number of benzene rings is 2. The van der Waals surface area contributed by atoms with Crippen LogP contribution in [0.25, 0.3) is 5.69 Å². The van der Waals surface area contributed by atoms with Gasteiger partial charge in [-0.1, -0.05) is 41.6 Å². The quantitative estimate of drug-likeness (QED) is 0.486. The molecule has 132 valence electrons. The summed E-state index contributed by atoms with van der Waals surface area (Å²) in [6.07, 6.45) is 0.817. The Hall–Kier alpha value is -2.05. The second kappa shape index (κ2) is 7.29. The van der Waals surface area contributed by atoms with Gasteiger partial charge in [0, 0.05) is 17.9 Å². The van der Waals surface area contributed by atoms with Gasteiger partial charge >= 0.3 is 0 Å².